The van der Waals surface area contributed by atoms with Crippen LogP contribution in [0.25, 0.3) is 11.1 Å². The highest BCUT2D eigenvalue weighted by atomic mass is 19.1. The number of rotatable bonds is 1. The molecule has 0 fully saturated rings. The van der Waals surface area contributed by atoms with Gasteiger partial charge >= 0.3 is 6.01 Å². The van der Waals surface area contributed by atoms with Crippen LogP contribution in [0.1, 0.15) is 0 Å². The highest BCUT2D eigenvalue weighted by molar-refractivity contribution is 5.75. The number of hydrogen-bond donors (Lipinski definition) is 2. The van der Waals surface area contributed by atoms with Gasteiger partial charge in [-0.05, 0) is 0 Å². The first kappa shape index (κ1) is 7.93. The zero-order chi connectivity index (χ0) is 9.42. The van der Waals surface area contributed by atoms with Gasteiger partial charge in [-0.3, -0.25) is 5.43 Å². The molecule has 68 valence electrons. The number of anilines is 1. The Morgan fingerprint density at radius 1 is 1.38 bits per heavy atom. The third-order valence-electron chi connectivity index (χ3n) is 1.54. The third kappa shape index (κ3) is 1.20. The molecule has 0 spiro atoms. The van der Waals surface area contributed by atoms with Crippen molar-refractivity contribution in [1.29, 1.82) is 0 Å². The molecule has 0 aliphatic heterocycles. The van der Waals surface area contributed by atoms with Crippen molar-refractivity contribution in [2.24, 2.45) is 5.84 Å². The summed E-state index contributed by atoms with van der Waals surface area (Å²) in [6.07, 6.45) is 0. The number of hydrazine groups is 1. The normalized spacial score (nSPS) is 10.7. The van der Waals surface area contributed by atoms with Gasteiger partial charge in [0, 0.05) is 12.1 Å². The monoisotopic (exact) mass is 185 g/mol. The molecule has 4 nitrogen and oxygen atoms in total. The van der Waals surface area contributed by atoms with Crippen molar-refractivity contribution in [3.05, 3.63) is 23.8 Å². The van der Waals surface area contributed by atoms with Crippen molar-refractivity contribution >= 4 is 17.1 Å². The van der Waals surface area contributed by atoms with Crippen LogP contribution in [0.15, 0.2) is 16.5 Å². The first-order valence-electron chi connectivity index (χ1n) is 3.43. The summed E-state index contributed by atoms with van der Waals surface area (Å²) in [5.41, 5.74) is 2.07. The maximum Gasteiger partial charge on any atom is 0.310 e. The number of nitrogens with one attached hydrogen (secondary N) is 1. The average Bonchev–Trinajstić information content (AvgIpc) is 2.47. The zero-order valence-electron chi connectivity index (χ0n) is 6.34. The molecule has 0 atom stereocenters. The molecule has 0 radical (unpaired) electrons. The maximum absolute atomic E-state index is 13.0. The molecule has 13 heavy (non-hydrogen) atoms. The number of halogens is 2. The summed E-state index contributed by atoms with van der Waals surface area (Å²) < 4.78 is 30.4. The largest absolute Gasteiger partial charge is 0.422 e. The number of fused-ring (bicyclic) bond motifs is 1. The minimum atomic E-state index is -0.778. The lowest BCUT2D eigenvalue weighted by molar-refractivity contribution is 0.580. The summed E-state index contributed by atoms with van der Waals surface area (Å²) in [6.45, 7) is 0. The Morgan fingerprint density at radius 2 is 2.15 bits per heavy atom. The first-order chi connectivity index (χ1) is 6.20. The Kier molecular flexibility index (Phi) is 1.63. The molecule has 3 N–H and O–H groups in total. The van der Waals surface area contributed by atoms with E-state index in [1.807, 2.05) is 0 Å². The van der Waals surface area contributed by atoms with E-state index >= 15 is 0 Å². The van der Waals surface area contributed by atoms with E-state index in [1.165, 1.54) is 0 Å². The van der Waals surface area contributed by atoms with Gasteiger partial charge in [-0.25, -0.2) is 14.6 Å². The Bertz CT molecular complexity index is 454. The Balaban J connectivity index is 2.75. The van der Waals surface area contributed by atoms with Gasteiger partial charge in [-0.1, -0.05) is 0 Å². The van der Waals surface area contributed by atoms with Crippen LogP contribution in [0.2, 0.25) is 0 Å². The third-order valence-corrected chi connectivity index (χ3v) is 1.54. The second-order valence-electron chi connectivity index (χ2n) is 2.40. The number of oxazole rings is 1. The molecule has 1 aromatic carbocycles. The number of nitrogens with two attached hydrogens (primary N) is 1. The second-order valence-corrected chi connectivity index (χ2v) is 2.40. The molecule has 6 heteroatoms. The van der Waals surface area contributed by atoms with E-state index in [1.54, 1.807) is 0 Å². The summed E-state index contributed by atoms with van der Waals surface area (Å²) in [7, 11) is 0. The van der Waals surface area contributed by atoms with E-state index in [0.717, 1.165) is 12.1 Å². The quantitative estimate of drug-likeness (QED) is 0.520. The predicted octanol–water partition coefficient (Wildman–Crippen LogP) is 1.39. The molecule has 2 rings (SSSR count). The van der Waals surface area contributed by atoms with Gasteiger partial charge in [0.15, 0.2) is 11.4 Å². The Morgan fingerprint density at radius 3 is 2.85 bits per heavy atom. The van der Waals surface area contributed by atoms with Crippen molar-refractivity contribution in [2.45, 2.75) is 0 Å². The van der Waals surface area contributed by atoms with Gasteiger partial charge < -0.3 is 4.42 Å². The molecule has 0 bridgehead atoms. The fourth-order valence-electron chi connectivity index (χ4n) is 1.02. The van der Waals surface area contributed by atoms with Crippen molar-refractivity contribution in [3.8, 4) is 0 Å². The number of nitrogens with zero attached hydrogens (tertiary/aromatic N) is 1. The van der Waals surface area contributed by atoms with Crippen LogP contribution in [0, 0.1) is 11.6 Å². The highest BCUT2D eigenvalue weighted by Gasteiger charge is 2.10. The van der Waals surface area contributed by atoms with E-state index in [-0.39, 0.29) is 17.1 Å². The van der Waals surface area contributed by atoms with Crippen molar-refractivity contribution in [3.63, 3.8) is 0 Å². The van der Waals surface area contributed by atoms with E-state index in [9.17, 15) is 8.78 Å². The van der Waals surface area contributed by atoms with Crippen LogP contribution in [0.5, 0.6) is 0 Å². The van der Waals surface area contributed by atoms with Gasteiger partial charge in [-0.2, -0.15) is 4.98 Å². The predicted molar refractivity (Wildman–Crippen MR) is 41.7 cm³/mol. The number of benzene rings is 1. The zero-order valence-corrected chi connectivity index (χ0v) is 6.34. The molecule has 2 aromatic rings. The molecular weight excluding hydrogens is 180 g/mol. The SMILES string of the molecule is NNc1nc2c(F)cc(F)cc2o1. The summed E-state index contributed by atoms with van der Waals surface area (Å²) >= 11 is 0. The lowest BCUT2D eigenvalue weighted by Gasteiger charge is -1.88. The molecule has 0 aliphatic rings. The van der Waals surface area contributed by atoms with Crippen molar-refractivity contribution in [1.82, 2.24) is 4.98 Å². The van der Waals surface area contributed by atoms with Crippen LogP contribution >= 0.6 is 0 Å². The minimum absolute atomic E-state index is 0.0189. The molecule has 0 saturated carbocycles. The van der Waals surface area contributed by atoms with Crippen LogP contribution in [0.3, 0.4) is 0 Å². The molecule has 0 saturated heterocycles. The van der Waals surface area contributed by atoms with E-state index in [4.69, 9.17) is 10.3 Å². The highest BCUT2D eigenvalue weighted by Crippen LogP contribution is 2.21. The summed E-state index contributed by atoms with van der Waals surface area (Å²) in [4.78, 5) is 3.63. The van der Waals surface area contributed by atoms with Gasteiger partial charge in [0.25, 0.3) is 0 Å². The Labute approximate surface area is 71.3 Å². The van der Waals surface area contributed by atoms with E-state index in [2.05, 4.69) is 10.4 Å². The van der Waals surface area contributed by atoms with Crippen molar-refractivity contribution < 1.29 is 13.2 Å². The van der Waals surface area contributed by atoms with Crippen LogP contribution < -0.4 is 11.3 Å². The topological polar surface area (TPSA) is 64.1 Å². The summed E-state index contributed by atoms with van der Waals surface area (Å²) in [6, 6.07) is 1.71. The average molecular weight is 185 g/mol. The van der Waals surface area contributed by atoms with E-state index in [0.29, 0.717) is 0 Å². The molecule has 0 amide bonds. The maximum atomic E-state index is 13.0. The number of aromatic nitrogens is 1. The minimum Gasteiger partial charge on any atom is -0.422 e. The molecule has 1 aromatic heterocycles. The standard InChI is InChI=1S/C7H5F2N3O/c8-3-1-4(9)6-5(2-3)13-7(11-6)12-10/h1-2H,10H2,(H,11,12). The fraction of sp³-hybridized carbons (Fsp3) is 0. The molecular formula is C7H5F2N3O. The van der Waals surface area contributed by atoms with Gasteiger partial charge in [0.2, 0.25) is 0 Å². The van der Waals surface area contributed by atoms with Crippen LogP contribution in [0.4, 0.5) is 14.8 Å². The van der Waals surface area contributed by atoms with Crippen LogP contribution in [-0.2, 0) is 0 Å². The first-order valence-corrected chi connectivity index (χ1v) is 3.43. The molecule has 0 unspecified atom stereocenters. The van der Waals surface area contributed by atoms with Gasteiger partial charge in [-0.15, -0.1) is 0 Å². The summed E-state index contributed by atoms with van der Waals surface area (Å²) in [5.74, 6) is 3.48. The smallest absolute Gasteiger partial charge is 0.310 e. The summed E-state index contributed by atoms with van der Waals surface area (Å²) in [5, 5.41) is 0. The number of hydrogen-bond acceptors (Lipinski definition) is 4. The number of nitrogen functional groups attached to an aromatic ring is 1. The molecule has 1 heterocycles. The lowest BCUT2D eigenvalue weighted by Crippen LogP contribution is -2.06. The van der Waals surface area contributed by atoms with Gasteiger partial charge in [0.05, 0.1) is 0 Å². The second kappa shape index (κ2) is 2.67. The van der Waals surface area contributed by atoms with Crippen molar-refractivity contribution in [2.75, 3.05) is 5.43 Å². The lowest BCUT2D eigenvalue weighted by atomic mass is 10.3. The Hall–Kier alpha value is -1.69. The molecule has 0 aliphatic carbocycles. The van der Waals surface area contributed by atoms with E-state index < -0.39 is 11.6 Å². The van der Waals surface area contributed by atoms with Crippen LogP contribution in [-0.4, -0.2) is 4.98 Å². The fourth-order valence-corrected chi connectivity index (χ4v) is 1.02. The van der Waals surface area contributed by atoms with Gasteiger partial charge in [0.1, 0.15) is 11.3 Å².